The molecule has 3 aromatic carbocycles. The first-order valence-electron chi connectivity index (χ1n) is 11.0. The van der Waals surface area contributed by atoms with Crippen molar-refractivity contribution in [2.75, 3.05) is 30.4 Å². The van der Waals surface area contributed by atoms with Crippen LogP contribution in [0.2, 0.25) is 0 Å². The number of hydrogen-bond acceptors (Lipinski definition) is 3. The van der Waals surface area contributed by atoms with Crippen molar-refractivity contribution in [3.05, 3.63) is 89.5 Å². The van der Waals surface area contributed by atoms with E-state index in [0.717, 1.165) is 29.9 Å². The highest BCUT2D eigenvalue weighted by atomic mass is 19.4. The van der Waals surface area contributed by atoms with E-state index in [0.29, 0.717) is 31.0 Å². The van der Waals surface area contributed by atoms with Gasteiger partial charge in [-0.1, -0.05) is 24.3 Å². The zero-order valence-electron chi connectivity index (χ0n) is 19.0. The van der Waals surface area contributed by atoms with Gasteiger partial charge in [0.05, 0.1) is 19.2 Å². The standard InChI is InChI=1S/C26H24F3N3O3/c1-35-23-9-3-2-6-19(23)17-31-14-5-15-32(25(31)34)22-12-10-21(11-13-22)30-24(33)18-7-4-8-20(16-18)26(27,28)29/h2-4,6-13,16H,5,14-15,17H2,1H3,(H,30,33). The van der Waals surface area contributed by atoms with Crippen molar-refractivity contribution >= 4 is 23.3 Å². The SMILES string of the molecule is COc1ccccc1CN1CCCN(c2ccc(NC(=O)c3cccc(C(F)(F)F)c3)cc2)C1=O. The van der Waals surface area contributed by atoms with E-state index in [9.17, 15) is 22.8 Å². The third-order valence-electron chi connectivity index (χ3n) is 5.75. The minimum atomic E-state index is -4.53. The molecule has 1 saturated heterocycles. The fourth-order valence-electron chi connectivity index (χ4n) is 3.97. The Morgan fingerprint density at radius 3 is 2.46 bits per heavy atom. The average molecular weight is 483 g/mol. The maximum Gasteiger partial charge on any atom is 0.416 e. The number of carbonyl (C=O) groups excluding carboxylic acids is 2. The summed E-state index contributed by atoms with van der Waals surface area (Å²) in [6.45, 7) is 1.60. The normalized spacial score (nSPS) is 14.1. The Bertz CT molecular complexity index is 1210. The van der Waals surface area contributed by atoms with E-state index in [1.54, 1.807) is 41.2 Å². The van der Waals surface area contributed by atoms with Crippen LogP contribution in [0.3, 0.4) is 0 Å². The summed E-state index contributed by atoms with van der Waals surface area (Å²) in [4.78, 5) is 29.0. The molecule has 1 fully saturated rings. The molecule has 0 aliphatic carbocycles. The molecule has 35 heavy (non-hydrogen) atoms. The van der Waals surface area contributed by atoms with Crippen LogP contribution in [0.4, 0.5) is 29.3 Å². The van der Waals surface area contributed by atoms with E-state index in [-0.39, 0.29) is 11.6 Å². The number of nitrogens with zero attached hydrogens (tertiary/aromatic N) is 2. The van der Waals surface area contributed by atoms with Gasteiger partial charge < -0.3 is 15.0 Å². The quantitative estimate of drug-likeness (QED) is 0.482. The van der Waals surface area contributed by atoms with Crippen LogP contribution in [0.5, 0.6) is 5.75 Å². The summed E-state index contributed by atoms with van der Waals surface area (Å²) < 4.78 is 44.2. The predicted octanol–water partition coefficient (Wildman–Crippen LogP) is 5.80. The van der Waals surface area contributed by atoms with Gasteiger partial charge in [0, 0.05) is 35.6 Å². The summed E-state index contributed by atoms with van der Waals surface area (Å²) in [5.74, 6) is 0.0687. The fourth-order valence-corrected chi connectivity index (χ4v) is 3.97. The van der Waals surface area contributed by atoms with Gasteiger partial charge in [0.1, 0.15) is 5.75 Å². The Kier molecular flexibility index (Phi) is 6.95. The molecule has 3 aromatic rings. The summed E-state index contributed by atoms with van der Waals surface area (Å²) in [6.07, 6.45) is -3.74. The van der Waals surface area contributed by atoms with Gasteiger partial charge in [-0.3, -0.25) is 9.69 Å². The summed E-state index contributed by atoms with van der Waals surface area (Å²) in [5.41, 5.74) is 1.00. The number of methoxy groups -OCH3 is 1. The van der Waals surface area contributed by atoms with E-state index in [4.69, 9.17) is 4.74 Å². The van der Waals surface area contributed by atoms with Crippen LogP contribution in [-0.4, -0.2) is 37.0 Å². The number of para-hydroxylation sites is 1. The highest BCUT2D eigenvalue weighted by Crippen LogP contribution is 2.30. The Hall–Kier alpha value is -4.01. The van der Waals surface area contributed by atoms with Gasteiger partial charge >= 0.3 is 12.2 Å². The first-order chi connectivity index (χ1) is 16.8. The first-order valence-corrected chi connectivity index (χ1v) is 11.0. The number of ether oxygens (including phenoxy) is 1. The van der Waals surface area contributed by atoms with Crippen LogP contribution < -0.4 is 15.0 Å². The van der Waals surface area contributed by atoms with Gasteiger partial charge in [-0.2, -0.15) is 13.2 Å². The number of urea groups is 1. The van der Waals surface area contributed by atoms with Crippen molar-refractivity contribution < 1.29 is 27.5 Å². The number of nitrogens with one attached hydrogen (secondary N) is 1. The zero-order valence-corrected chi connectivity index (χ0v) is 19.0. The first kappa shape index (κ1) is 24.1. The number of carbonyl (C=O) groups is 2. The van der Waals surface area contributed by atoms with Crippen molar-refractivity contribution in [1.29, 1.82) is 0 Å². The summed E-state index contributed by atoms with van der Waals surface area (Å²) in [5, 5.41) is 2.60. The number of anilines is 2. The third-order valence-corrected chi connectivity index (χ3v) is 5.75. The summed E-state index contributed by atoms with van der Waals surface area (Å²) >= 11 is 0. The number of halogens is 3. The average Bonchev–Trinajstić information content (AvgIpc) is 2.86. The van der Waals surface area contributed by atoms with Crippen LogP contribution in [0, 0.1) is 0 Å². The lowest BCUT2D eigenvalue weighted by Gasteiger charge is -2.36. The molecule has 0 atom stereocenters. The van der Waals surface area contributed by atoms with E-state index < -0.39 is 17.6 Å². The second-order valence-corrected chi connectivity index (χ2v) is 8.10. The lowest BCUT2D eigenvalue weighted by Crippen LogP contribution is -2.49. The molecule has 1 N–H and O–H groups in total. The molecule has 1 heterocycles. The minimum Gasteiger partial charge on any atom is -0.496 e. The highest BCUT2D eigenvalue weighted by Gasteiger charge is 2.31. The molecule has 9 heteroatoms. The van der Waals surface area contributed by atoms with Gasteiger partial charge in [-0.25, -0.2) is 4.79 Å². The van der Waals surface area contributed by atoms with E-state index in [2.05, 4.69) is 5.32 Å². The lowest BCUT2D eigenvalue weighted by molar-refractivity contribution is -0.137. The smallest absolute Gasteiger partial charge is 0.416 e. The van der Waals surface area contributed by atoms with Gasteiger partial charge in [0.15, 0.2) is 0 Å². The highest BCUT2D eigenvalue weighted by molar-refractivity contribution is 6.04. The zero-order chi connectivity index (χ0) is 25.0. The lowest BCUT2D eigenvalue weighted by atomic mass is 10.1. The van der Waals surface area contributed by atoms with E-state index >= 15 is 0 Å². The predicted molar refractivity (Wildman–Crippen MR) is 127 cm³/mol. The second-order valence-electron chi connectivity index (χ2n) is 8.10. The largest absolute Gasteiger partial charge is 0.496 e. The van der Waals surface area contributed by atoms with Gasteiger partial charge in [0.2, 0.25) is 0 Å². The molecule has 0 unspecified atom stereocenters. The molecule has 0 bridgehead atoms. The van der Waals surface area contributed by atoms with E-state index in [1.807, 2.05) is 24.3 Å². The molecule has 4 rings (SSSR count). The number of hydrogen-bond donors (Lipinski definition) is 1. The number of rotatable bonds is 6. The summed E-state index contributed by atoms with van der Waals surface area (Å²) in [7, 11) is 1.59. The van der Waals surface area contributed by atoms with Crippen molar-refractivity contribution in [2.45, 2.75) is 19.1 Å². The van der Waals surface area contributed by atoms with Crippen LogP contribution in [-0.2, 0) is 12.7 Å². The Balaban J connectivity index is 1.43. The molecular formula is C26H24F3N3O3. The van der Waals surface area contributed by atoms with Crippen LogP contribution in [0.15, 0.2) is 72.8 Å². The van der Waals surface area contributed by atoms with Crippen LogP contribution >= 0.6 is 0 Å². The molecule has 0 aromatic heterocycles. The second kappa shape index (κ2) is 10.1. The third kappa shape index (κ3) is 5.56. The molecule has 0 spiro atoms. The molecule has 1 aliphatic rings. The van der Waals surface area contributed by atoms with Gasteiger partial charge in [-0.05, 0) is 55.0 Å². The fraction of sp³-hybridized carbons (Fsp3) is 0.231. The molecule has 3 amide bonds. The molecular weight excluding hydrogens is 459 g/mol. The maximum absolute atomic E-state index is 13.1. The Labute approximate surface area is 200 Å². The number of benzene rings is 3. The van der Waals surface area contributed by atoms with Crippen molar-refractivity contribution in [3.8, 4) is 5.75 Å². The number of amides is 3. The van der Waals surface area contributed by atoms with Crippen molar-refractivity contribution in [1.82, 2.24) is 4.90 Å². The number of alkyl halides is 3. The Morgan fingerprint density at radius 1 is 1.00 bits per heavy atom. The Morgan fingerprint density at radius 2 is 1.74 bits per heavy atom. The minimum absolute atomic E-state index is 0.0953. The van der Waals surface area contributed by atoms with Crippen molar-refractivity contribution in [2.24, 2.45) is 0 Å². The topological polar surface area (TPSA) is 61.9 Å². The van der Waals surface area contributed by atoms with Gasteiger partial charge in [-0.15, -0.1) is 0 Å². The maximum atomic E-state index is 13.1. The molecule has 182 valence electrons. The van der Waals surface area contributed by atoms with Crippen molar-refractivity contribution in [3.63, 3.8) is 0 Å². The molecule has 6 nitrogen and oxygen atoms in total. The van der Waals surface area contributed by atoms with Gasteiger partial charge in [0.25, 0.3) is 5.91 Å². The van der Waals surface area contributed by atoms with Crippen LogP contribution in [0.25, 0.3) is 0 Å². The van der Waals surface area contributed by atoms with E-state index in [1.165, 1.54) is 12.1 Å². The molecule has 0 radical (unpaired) electrons. The monoisotopic (exact) mass is 483 g/mol. The molecule has 1 aliphatic heterocycles. The molecule has 0 saturated carbocycles. The van der Waals surface area contributed by atoms with Crippen LogP contribution in [0.1, 0.15) is 27.9 Å². The summed E-state index contributed by atoms with van der Waals surface area (Å²) in [6, 6.07) is 18.3.